The van der Waals surface area contributed by atoms with Crippen molar-refractivity contribution in [2.45, 2.75) is 63.8 Å². The van der Waals surface area contributed by atoms with Gasteiger partial charge in [-0.3, -0.25) is 4.79 Å². The Morgan fingerprint density at radius 3 is 2.39 bits per heavy atom. The number of carbonyl (C=O) groups excluding carboxylic acids is 1. The lowest BCUT2D eigenvalue weighted by Gasteiger charge is -2.39. The molecule has 0 heterocycles. The predicted octanol–water partition coefficient (Wildman–Crippen LogP) is 5.86. The van der Waals surface area contributed by atoms with Crippen LogP contribution in [0.5, 0.6) is 0 Å². The highest BCUT2D eigenvalue weighted by atomic mass is 35.5. The normalized spacial score (nSPS) is 26.0. The maximum Gasteiger partial charge on any atom is 0.253 e. The number of benzene rings is 1. The van der Waals surface area contributed by atoms with Gasteiger partial charge in [0.2, 0.25) is 0 Å². The lowest BCUT2D eigenvalue weighted by Crippen LogP contribution is -2.45. The Hall–Kier alpha value is -0.730. The third-order valence-corrected chi connectivity index (χ3v) is 6.11. The Labute approximate surface area is 148 Å². The largest absolute Gasteiger partial charge is 0.349 e. The fraction of sp³-hybridized carbons (Fsp3) is 0.632. The molecule has 4 heteroatoms. The van der Waals surface area contributed by atoms with Crippen molar-refractivity contribution in [3.05, 3.63) is 33.8 Å². The van der Waals surface area contributed by atoms with Gasteiger partial charge in [0.1, 0.15) is 0 Å². The zero-order chi connectivity index (χ0) is 16.2. The molecule has 2 aliphatic rings. The second-order valence-electron chi connectivity index (χ2n) is 7.05. The van der Waals surface area contributed by atoms with E-state index in [0.29, 0.717) is 27.6 Å². The first-order valence-electron chi connectivity index (χ1n) is 8.91. The Balaban J connectivity index is 1.69. The van der Waals surface area contributed by atoms with E-state index < -0.39 is 0 Å². The first-order valence-corrected chi connectivity index (χ1v) is 9.66. The number of hydrogen-bond acceptors (Lipinski definition) is 1. The molecule has 126 valence electrons. The van der Waals surface area contributed by atoms with Crippen LogP contribution in [0.15, 0.2) is 18.2 Å². The lowest BCUT2D eigenvalue weighted by molar-refractivity contribution is 0.0859. The fourth-order valence-corrected chi connectivity index (χ4v) is 4.88. The molecule has 0 aromatic heterocycles. The number of hydrogen-bond donors (Lipinski definition) is 1. The van der Waals surface area contributed by atoms with Crippen molar-refractivity contribution < 1.29 is 4.79 Å². The van der Waals surface area contributed by atoms with Crippen LogP contribution in [-0.2, 0) is 0 Å². The van der Waals surface area contributed by atoms with Crippen LogP contribution >= 0.6 is 23.2 Å². The molecule has 2 aliphatic carbocycles. The highest BCUT2D eigenvalue weighted by molar-refractivity contribution is 6.36. The summed E-state index contributed by atoms with van der Waals surface area (Å²) >= 11 is 12.1. The minimum atomic E-state index is -0.0561. The van der Waals surface area contributed by atoms with E-state index in [0.717, 1.165) is 12.3 Å². The van der Waals surface area contributed by atoms with Gasteiger partial charge in [0, 0.05) is 11.1 Å². The van der Waals surface area contributed by atoms with Gasteiger partial charge in [0.05, 0.1) is 10.6 Å². The first-order chi connectivity index (χ1) is 11.1. The van der Waals surface area contributed by atoms with E-state index in [4.69, 9.17) is 23.2 Å². The van der Waals surface area contributed by atoms with Crippen LogP contribution in [0.1, 0.15) is 68.1 Å². The highest BCUT2D eigenvalue weighted by Crippen LogP contribution is 2.38. The van der Waals surface area contributed by atoms with Crippen LogP contribution in [0.4, 0.5) is 0 Å². The molecule has 1 N–H and O–H groups in total. The van der Waals surface area contributed by atoms with Gasteiger partial charge in [-0.25, -0.2) is 0 Å². The van der Waals surface area contributed by atoms with Crippen molar-refractivity contribution in [3.8, 4) is 0 Å². The monoisotopic (exact) mass is 353 g/mol. The highest BCUT2D eigenvalue weighted by Gasteiger charge is 2.33. The van der Waals surface area contributed by atoms with E-state index >= 15 is 0 Å². The molecule has 1 aromatic rings. The molecule has 0 saturated heterocycles. The molecule has 1 amide bonds. The van der Waals surface area contributed by atoms with E-state index in [-0.39, 0.29) is 5.91 Å². The number of halogens is 2. The third kappa shape index (κ3) is 4.22. The summed E-state index contributed by atoms with van der Waals surface area (Å²) < 4.78 is 0. The predicted molar refractivity (Wildman–Crippen MR) is 96.2 cm³/mol. The molecule has 2 nitrogen and oxygen atoms in total. The molecule has 2 atom stereocenters. The zero-order valence-corrected chi connectivity index (χ0v) is 15.0. The molecule has 0 unspecified atom stereocenters. The minimum absolute atomic E-state index is 0.0561. The SMILES string of the molecule is O=C(N[C@H]1CCCC[C@@H]1C1CCCCC1)c1ccc(Cl)cc1Cl. The maximum absolute atomic E-state index is 12.6. The van der Waals surface area contributed by atoms with Gasteiger partial charge >= 0.3 is 0 Å². The Morgan fingerprint density at radius 1 is 0.957 bits per heavy atom. The van der Waals surface area contributed by atoms with Gasteiger partial charge in [-0.2, -0.15) is 0 Å². The second-order valence-corrected chi connectivity index (χ2v) is 7.89. The average molecular weight is 354 g/mol. The second kappa shape index (κ2) is 7.90. The average Bonchev–Trinajstić information content (AvgIpc) is 2.56. The van der Waals surface area contributed by atoms with Crippen LogP contribution in [0.2, 0.25) is 10.0 Å². The lowest BCUT2D eigenvalue weighted by atomic mass is 9.71. The quantitative estimate of drug-likeness (QED) is 0.723. The topological polar surface area (TPSA) is 29.1 Å². The summed E-state index contributed by atoms with van der Waals surface area (Å²) in [6, 6.07) is 5.38. The molecule has 0 aliphatic heterocycles. The van der Waals surface area contributed by atoms with Gasteiger partial charge in [-0.15, -0.1) is 0 Å². The molecule has 0 bridgehead atoms. The number of nitrogens with one attached hydrogen (secondary N) is 1. The van der Waals surface area contributed by atoms with Gasteiger partial charge in [-0.05, 0) is 42.9 Å². The van der Waals surface area contributed by atoms with Gasteiger partial charge < -0.3 is 5.32 Å². The van der Waals surface area contributed by atoms with Crippen LogP contribution in [-0.4, -0.2) is 11.9 Å². The molecule has 3 rings (SSSR count). The Kier molecular flexibility index (Phi) is 5.87. The van der Waals surface area contributed by atoms with Crippen molar-refractivity contribution in [2.24, 2.45) is 11.8 Å². The van der Waals surface area contributed by atoms with Gasteiger partial charge in [0.25, 0.3) is 5.91 Å². The number of rotatable bonds is 3. The summed E-state index contributed by atoms with van der Waals surface area (Å²) in [7, 11) is 0. The molecule has 1 aromatic carbocycles. The van der Waals surface area contributed by atoms with E-state index in [1.165, 1.54) is 51.4 Å². The fourth-order valence-electron chi connectivity index (χ4n) is 4.39. The van der Waals surface area contributed by atoms with Gasteiger partial charge in [-0.1, -0.05) is 68.1 Å². The molecular weight excluding hydrogens is 329 g/mol. The van der Waals surface area contributed by atoms with Crippen molar-refractivity contribution in [3.63, 3.8) is 0 Å². The minimum Gasteiger partial charge on any atom is -0.349 e. The van der Waals surface area contributed by atoms with Crippen molar-refractivity contribution >= 4 is 29.1 Å². The number of carbonyl (C=O) groups is 1. The Morgan fingerprint density at radius 2 is 1.65 bits per heavy atom. The van der Waals surface area contributed by atoms with Crippen LogP contribution in [0, 0.1) is 11.8 Å². The molecule has 0 spiro atoms. The first kappa shape index (κ1) is 17.1. The van der Waals surface area contributed by atoms with Crippen LogP contribution < -0.4 is 5.32 Å². The summed E-state index contributed by atoms with van der Waals surface area (Å²) in [6.45, 7) is 0. The van der Waals surface area contributed by atoms with Crippen LogP contribution in [0.25, 0.3) is 0 Å². The van der Waals surface area contributed by atoms with Gasteiger partial charge in [0.15, 0.2) is 0 Å². The summed E-state index contributed by atoms with van der Waals surface area (Å²) in [4.78, 5) is 12.6. The number of amides is 1. The standard InChI is InChI=1S/C19H25Cl2NO/c20-14-10-11-16(17(21)12-14)19(23)22-18-9-5-4-8-15(18)13-6-2-1-3-7-13/h10-13,15,18H,1-9H2,(H,22,23)/t15-,18+/m1/s1. The third-order valence-electron chi connectivity index (χ3n) is 5.57. The smallest absolute Gasteiger partial charge is 0.253 e. The molecule has 2 fully saturated rings. The molecular formula is C19H25Cl2NO. The molecule has 2 saturated carbocycles. The summed E-state index contributed by atoms with van der Waals surface area (Å²) in [5.41, 5.74) is 0.532. The van der Waals surface area contributed by atoms with Crippen molar-refractivity contribution in [2.75, 3.05) is 0 Å². The maximum atomic E-state index is 12.6. The van der Waals surface area contributed by atoms with E-state index in [1.54, 1.807) is 18.2 Å². The van der Waals surface area contributed by atoms with Crippen LogP contribution in [0.3, 0.4) is 0 Å². The molecule has 0 radical (unpaired) electrons. The molecule has 23 heavy (non-hydrogen) atoms. The van der Waals surface area contributed by atoms with Crippen molar-refractivity contribution in [1.29, 1.82) is 0 Å². The summed E-state index contributed by atoms with van der Waals surface area (Å²) in [5.74, 6) is 1.37. The van der Waals surface area contributed by atoms with E-state index in [2.05, 4.69) is 5.32 Å². The zero-order valence-electron chi connectivity index (χ0n) is 13.5. The summed E-state index contributed by atoms with van der Waals surface area (Å²) in [6.07, 6.45) is 11.6. The summed E-state index contributed by atoms with van der Waals surface area (Å²) in [5, 5.41) is 4.27. The van der Waals surface area contributed by atoms with E-state index in [9.17, 15) is 4.79 Å². The van der Waals surface area contributed by atoms with E-state index in [1.807, 2.05) is 0 Å². The Bertz CT molecular complexity index is 554. The van der Waals surface area contributed by atoms with Crippen molar-refractivity contribution in [1.82, 2.24) is 5.32 Å².